The highest BCUT2D eigenvalue weighted by Crippen LogP contribution is 2.34. The van der Waals surface area contributed by atoms with Crippen molar-refractivity contribution in [1.29, 1.82) is 0 Å². The third-order valence-electron chi connectivity index (χ3n) is 5.26. The topological polar surface area (TPSA) is 49.9 Å². The van der Waals surface area contributed by atoms with Crippen LogP contribution in [0.4, 0.5) is 0 Å². The quantitative estimate of drug-likeness (QED) is 0.648. The van der Waals surface area contributed by atoms with Gasteiger partial charge in [0, 0.05) is 24.9 Å². The van der Waals surface area contributed by atoms with Crippen molar-refractivity contribution >= 4 is 23.2 Å². The number of aryl methyl sites for hydroxylation is 2. The standard InChI is InChI=1S/C23H28N2O3S/c1-5-10-24(18(4)26)14-23(27)25-11-8-22-19(9-12-29-22)20(25)15-28-21-7-6-16(2)13-17(21)3/h5-7,9,12-13,20H,1,8,10-11,14-15H2,2-4H3/t20-/m1/s1. The molecule has 0 saturated carbocycles. The minimum absolute atomic E-state index is 0.0564. The van der Waals surface area contributed by atoms with Gasteiger partial charge >= 0.3 is 0 Å². The zero-order valence-corrected chi connectivity index (χ0v) is 18.1. The molecule has 1 aliphatic heterocycles. The summed E-state index contributed by atoms with van der Waals surface area (Å²) in [5.41, 5.74) is 3.42. The lowest BCUT2D eigenvalue weighted by Crippen LogP contribution is -2.47. The molecule has 1 aromatic heterocycles. The molecule has 0 radical (unpaired) electrons. The van der Waals surface area contributed by atoms with Gasteiger partial charge in [0.25, 0.3) is 0 Å². The first-order valence-corrected chi connectivity index (χ1v) is 10.7. The molecule has 0 fully saturated rings. The summed E-state index contributed by atoms with van der Waals surface area (Å²) in [6.45, 7) is 10.7. The molecule has 1 atom stereocenters. The van der Waals surface area contributed by atoms with Crippen LogP contribution < -0.4 is 4.74 Å². The Kier molecular flexibility index (Phi) is 6.75. The van der Waals surface area contributed by atoms with Crippen LogP contribution in [0.15, 0.2) is 42.3 Å². The van der Waals surface area contributed by atoms with Crippen molar-refractivity contribution in [2.24, 2.45) is 0 Å². The predicted molar refractivity (Wildman–Crippen MR) is 116 cm³/mol. The molecule has 154 valence electrons. The van der Waals surface area contributed by atoms with Crippen molar-refractivity contribution in [3.63, 3.8) is 0 Å². The Bertz CT molecular complexity index is 905. The van der Waals surface area contributed by atoms with E-state index in [1.165, 1.54) is 22.3 Å². The highest BCUT2D eigenvalue weighted by Gasteiger charge is 2.33. The lowest BCUT2D eigenvalue weighted by atomic mass is 10.00. The Morgan fingerprint density at radius 3 is 2.83 bits per heavy atom. The molecule has 1 aromatic carbocycles. The summed E-state index contributed by atoms with van der Waals surface area (Å²) in [7, 11) is 0. The second-order valence-electron chi connectivity index (χ2n) is 7.42. The van der Waals surface area contributed by atoms with Gasteiger partial charge in [0.05, 0.1) is 6.04 Å². The summed E-state index contributed by atoms with van der Waals surface area (Å²) in [6.07, 6.45) is 2.48. The van der Waals surface area contributed by atoms with Crippen molar-refractivity contribution < 1.29 is 14.3 Å². The van der Waals surface area contributed by atoms with Crippen molar-refractivity contribution in [2.45, 2.75) is 33.2 Å². The Labute approximate surface area is 176 Å². The highest BCUT2D eigenvalue weighted by atomic mass is 32.1. The smallest absolute Gasteiger partial charge is 0.242 e. The van der Waals surface area contributed by atoms with Gasteiger partial charge in [-0.15, -0.1) is 17.9 Å². The summed E-state index contributed by atoms with van der Waals surface area (Å²) in [4.78, 5) is 29.6. The van der Waals surface area contributed by atoms with Gasteiger partial charge < -0.3 is 14.5 Å². The maximum atomic E-state index is 13.1. The molecule has 1 aliphatic rings. The number of carbonyl (C=O) groups is 2. The molecule has 6 heteroatoms. The van der Waals surface area contributed by atoms with Crippen molar-refractivity contribution in [3.8, 4) is 5.75 Å². The van der Waals surface area contributed by atoms with Crippen molar-refractivity contribution in [2.75, 3.05) is 26.2 Å². The highest BCUT2D eigenvalue weighted by molar-refractivity contribution is 7.10. The van der Waals surface area contributed by atoms with Gasteiger partial charge in [-0.25, -0.2) is 0 Å². The van der Waals surface area contributed by atoms with E-state index in [9.17, 15) is 9.59 Å². The van der Waals surface area contributed by atoms with E-state index in [1.54, 1.807) is 17.4 Å². The van der Waals surface area contributed by atoms with E-state index in [0.29, 0.717) is 19.7 Å². The summed E-state index contributed by atoms with van der Waals surface area (Å²) in [5.74, 6) is 0.644. The third kappa shape index (κ3) is 4.88. The first kappa shape index (κ1) is 21.1. The average Bonchev–Trinajstić information content (AvgIpc) is 3.15. The fraction of sp³-hybridized carbons (Fsp3) is 0.391. The van der Waals surface area contributed by atoms with E-state index in [1.807, 2.05) is 24.0 Å². The molecule has 2 heterocycles. The van der Waals surface area contributed by atoms with Crippen LogP contribution in [0.1, 0.15) is 34.5 Å². The molecule has 3 rings (SSSR count). The zero-order valence-electron chi connectivity index (χ0n) is 17.3. The van der Waals surface area contributed by atoms with Crippen LogP contribution in [0.5, 0.6) is 5.75 Å². The van der Waals surface area contributed by atoms with E-state index < -0.39 is 0 Å². The number of amides is 2. The first-order valence-electron chi connectivity index (χ1n) is 9.83. The van der Waals surface area contributed by atoms with Gasteiger partial charge in [-0.2, -0.15) is 0 Å². The van der Waals surface area contributed by atoms with Crippen LogP contribution in [-0.4, -0.2) is 47.9 Å². The molecule has 29 heavy (non-hydrogen) atoms. The molecule has 2 aromatic rings. The maximum absolute atomic E-state index is 13.1. The van der Waals surface area contributed by atoms with E-state index >= 15 is 0 Å². The Morgan fingerprint density at radius 2 is 2.14 bits per heavy atom. The van der Waals surface area contributed by atoms with Gasteiger partial charge in [-0.1, -0.05) is 23.8 Å². The molecule has 0 aliphatic carbocycles. The van der Waals surface area contributed by atoms with Crippen LogP contribution in [0.2, 0.25) is 0 Å². The van der Waals surface area contributed by atoms with Gasteiger partial charge in [-0.05, 0) is 48.9 Å². The number of nitrogens with zero attached hydrogens (tertiary/aromatic N) is 2. The molecule has 0 bridgehead atoms. The number of benzene rings is 1. The fourth-order valence-corrected chi connectivity index (χ4v) is 4.65. The third-order valence-corrected chi connectivity index (χ3v) is 6.26. The monoisotopic (exact) mass is 412 g/mol. The number of hydrogen-bond donors (Lipinski definition) is 0. The van der Waals surface area contributed by atoms with Gasteiger partial charge in [-0.3, -0.25) is 9.59 Å². The van der Waals surface area contributed by atoms with Gasteiger partial charge in [0.1, 0.15) is 18.9 Å². The van der Waals surface area contributed by atoms with Crippen LogP contribution in [0, 0.1) is 13.8 Å². The van der Waals surface area contributed by atoms with Crippen LogP contribution in [-0.2, 0) is 16.0 Å². The second kappa shape index (κ2) is 9.27. The lowest BCUT2D eigenvalue weighted by Gasteiger charge is -2.37. The molecule has 5 nitrogen and oxygen atoms in total. The molecule has 2 amide bonds. The largest absolute Gasteiger partial charge is 0.491 e. The number of thiophene rings is 1. The van der Waals surface area contributed by atoms with Crippen LogP contribution in [0.25, 0.3) is 0 Å². The van der Waals surface area contributed by atoms with Crippen LogP contribution >= 0.6 is 11.3 Å². The first-order chi connectivity index (χ1) is 13.9. The SMILES string of the molecule is C=CCN(CC(=O)N1CCc2sccc2[C@H]1COc1ccc(C)cc1C)C(C)=O. The Balaban J connectivity index is 1.79. The number of ether oxygens (including phenoxy) is 1. The minimum atomic E-state index is -0.157. The molecular formula is C23H28N2O3S. The molecule has 0 saturated heterocycles. The zero-order chi connectivity index (χ0) is 21.0. The lowest BCUT2D eigenvalue weighted by molar-refractivity contribution is -0.141. The maximum Gasteiger partial charge on any atom is 0.242 e. The van der Waals surface area contributed by atoms with E-state index in [2.05, 4.69) is 31.0 Å². The molecular weight excluding hydrogens is 384 g/mol. The average molecular weight is 413 g/mol. The summed E-state index contributed by atoms with van der Waals surface area (Å²) in [5, 5.41) is 2.07. The van der Waals surface area contributed by atoms with Gasteiger partial charge in [0.2, 0.25) is 11.8 Å². The molecule has 0 unspecified atom stereocenters. The van der Waals surface area contributed by atoms with Crippen LogP contribution in [0.3, 0.4) is 0 Å². The van der Waals surface area contributed by atoms with Crippen molar-refractivity contribution in [1.82, 2.24) is 9.80 Å². The summed E-state index contributed by atoms with van der Waals surface area (Å²) >= 11 is 1.73. The van der Waals surface area contributed by atoms with Gasteiger partial charge in [0.15, 0.2) is 0 Å². The fourth-order valence-electron chi connectivity index (χ4n) is 3.72. The number of fused-ring (bicyclic) bond motifs is 1. The van der Waals surface area contributed by atoms with E-state index in [-0.39, 0.29) is 24.4 Å². The minimum Gasteiger partial charge on any atom is -0.491 e. The van der Waals surface area contributed by atoms with E-state index in [4.69, 9.17) is 4.74 Å². The van der Waals surface area contributed by atoms with E-state index in [0.717, 1.165) is 23.3 Å². The number of carbonyl (C=O) groups excluding carboxylic acids is 2. The summed E-state index contributed by atoms with van der Waals surface area (Å²) in [6, 6.07) is 8.03. The molecule has 0 N–H and O–H groups in total. The Morgan fingerprint density at radius 1 is 1.34 bits per heavy atom. The number of hydrogen-bond acceptors (Lipinski definition) is 4. The predicted octanol–water partition coefficient (Wildman–Crippen LogP) is 3.90. The summed E-state index contributed by atoms with van der Waals surface area (Å²) < 4.78 is 6.15. The normalized spacial score (nSPS) is 15.6. The Hall–Kier alpha value is -2.60. The number of rotatable bonds is 7. The van der Waals surface area contributed by atoms with Crippen molar-refractivity contribution in [3.05, 3.63) is 63.9 Å². The second-order valence-corrected chi connectivity index (χ2v) is 8.42. The molecule has 0 spiro atoms.